The Morgan fingerprint density at radius 2 is 2.04 bits per heavy atom. The first kappa shape index (κ1) is 18.0. The normalized spacial score (nSPS) is 16.5. The van der Waals surface area contributed by atoms with Gasteiger partial charge in [-0.3, -0.25) is 4.79 Å². The number of nitrogens with zero attached hydrogens (tertiary/aromatic N) is 1. The van der Waals surface area contributed by atoms with Crippen LogP contribution in [-0.4, -0.2) is 29.9 Å². The lowest BCUT2D eigenvalue weighted by Crippen LogP contribution is -2.34. The third-order valence-electron chi connectivity index (χ3n) is 4.38. The number of urea groups is 1. The van der Waals surface area contributed by atoms with Crippen molar-refractivity contribution in [2.24, 2.45) is 5.92 Å². The van der Waals surface area contributed by atoms with Crippen molar-refractivity contribution >= 4 is 17.6 Å². The second-order valence-electron chi connectivity index (χ2n) is 6.18. The molecule has 0 aromatic heterocycles. The predicted molar refractivity (Wildman–Crippen MR) is 96.7 cm³/mol. The molecule has 1 aliphatic carbocycles. The Bertz CT molecular complexity index is 598. The van der Waals surface area contributed by atoms with Crippen molar-refractivity contribution in [3.05, 3.63) is 42.0 Å². The van der Waals surface area contributed by atoms with Gasteiger partial charge in [0, 0.05) is 32.2 Å². The third-order valence-corrected chi connectivity index (χ3v) is 4.38. The highest BCUT2D eigenvalue weighted by atomic mass is 16.2. The van der Waals surface area contributed by atoms with Gasteiger partial charge in [0.25, 0.3) is 0 Å². The maximum absolute atomic E-state index is 12.2. The average molecular weight is 329 g/mol. The number of amides is 3. The fourth-order valence-electron chi connectivity index (χ4n) is 2.88. The Kier molecular flexibility index (Phi) is 6.85. The molecule has 1 atom stereocenters. The summed E-state index contributed by atoms with van der Waals surface area (Å²) in [5.74, 6) is 0.548. The van der Waals surface area contributed by atoms with Gasteiger partial charge in [0.05, 0.1) is 0 Å². The number of benzene rings is 1. The standard InChI is InChI=1S/C19H27N3O2/c1-3-22(15(2)23)14-17-11-7-8-12-18(17)21-19(24)20-13-16-9-5-4-6-10-16/h4-5,7-8,11-12,16H,3,6,9-10,13-14H2,1-2H3,(H2,20,21,24)/t16-/m0/s1. The summed E-state index contributed by atoms with van der Waals surface area (Å²) in [7, 11) is 0. The van der Waals surface area contributed by atoms with Crippen LogP contribution in [0, 0.1) is 5.92 Å². The molecule has 1 aromatic rings. The van der Waals surface area contributed by atoms with E-state index in [0.29, 0.717) is 25.6 Å². The van der Waals surface area contributed by atoms with Gasteiger partial charge < -0.3 is 15.5 Å². The molecule has 0 aliphatic heterocycles. The zero-order chi connectivity index (χ0) is 17.4. The van der Waals surface area contributed by atoms with Crippen LogP contribution in [0.2, 0.25) is 0 Å². The van der Waals surface area contributed by atoms with Gasteiger partial charge in [0.1, 0.15) is 0 Å². The molecule has 0 heterocycles. The maximum atomic E-state index is 12.2. The average Bonchev–Trinajstić information content (AvgIpc) is 2.59. The lowest BCUT2D eigenvalue weighted by atomic mass is 9.94. The molecular weight excluding hydrogens is 302 g/mol. The summed E-state index contributed by atoms with van der Waals surface area (Å²) in [6, 6.07) is 7.41. The number of carbonyl (C=O) groups is 2. The molecule has 0 radical (unpaired) electrons. The molecule has 2 rings (SSSR count). The largest absolute Gasteiger partial charge is 0.339 e. The van der Waals surface area contributed by atoms with Gasteiger partial charge >= 0.3 is 6.03 Å². The van der Waals surface area contributed by atoms with Crippen LogP contribution in [0.3, 0.4) is 0 Å². The topological polar surface area (TPSA) is 61.4 Å². The van der Waals surface area contributed by atoms with Crippen LogP contribution in [0.1, 0.15) is 38.7 Å². The molecule has 0 unspecified atom stereocenters. The number of hydrogen-bond acceptors (Lipinski definition) is 2. The Morgan fingerprint density at radius 3 is 2.71 bits per heavy atom. The SMILES string of the molecule is CCN(Cc1ccccc1NC(=O)NC[C@H]1CC=CCC1)C(C)=O. The van der Waals surface area contributed by atoms with Gasteiger partial charge in [0.2, 0.25) is 5.91 Å². The molecule has 24 heavy (non-hydrogen) atoms. The fourth-order valence-corrected chi connectivity index (χ4v) is 2.88. The molecular formula is C19H27N3O2. The molecule has 5 nitrogen and oxygen atoms in total. The molecule has 130 valence electrons. The Hall–Kier alpha value is -2.30. The molecule has 0 bridgehead atoms. The number of anilines is 1. The molecule has 5 heteroatoms. The number of carbonyl (C=O) groups excluding carboxylic acids is 2. The zero-order valence-corrected chi connectivity index (χ0v) is 14.5. The van der Waals surface area contributed by atoms with Crippen molar-refractivity contribution < 1.29 is 9.59 Å². The minimum Gasteiger partial charge on any atom is -0.339 e. The minimum absolute atomic E-state index is 0.0297. The summed E-state index contributed by atoms with van der Waals surface area (Å²) in [6.07, 6.45) is 7.62. The van der Waals surface area contributed by atoms with Crippen LogP contribution in [-0.2, 0) is 11.3 Å². The molecule has 2 N–H and O–H groups in total. The summed E-state index contributed by atoms with van der Waals surface area (Å²) < 4.78 is 0. The van der Waals surface area contributed by atoms with E-state index in [1.807, 2.05) is 31.2 Å². The smallest absolute Gasteiger partial charge is 0.319 e. The van der Waals surface area contributed by atoms with Gasteiger partial charge in [-0.2, -0.15) is 0 Å². The van der Waals surface area contributed by atoms with E-state index in [4.69, 9.17) is 0 Å². The first-order chi connectivity index (χ1) is 11.6. The number of rotatable bonds is 6. The fraction of sp³-hybridized carbons (Fsp3) is 0.474. The first-order valence-corrected chi connectivity index (χ1v) is 8.63. The monoisotopic (exact) mass is 329 g/mol. The van der Waals surface area contributed by atoms with Gasteiger partial charge in [-0.15, -0.1) is 0 Å². The quantitative estimate of drug-likeness (QED) is 0.784. The number of hydrogen-bond donors (Lipinski definition) is 2. The highest BCUT2D eigenvalue weighted by molar-refractivity contribution is 5.90. The van der Waals surface area contributed by atoms with Gasteiger partial charge in [-0.25, -0.2) is 4.79 Å². The van der Waals surface area contributed by atoms with Crippen molar-refractivity contribution in [2.75, 3.05) is 18.4 Å². The van der Waals surface area contributed by atoms with Crippen LogP contribution in [0.5, 0.6) is 0 Å². The Morgan fingerprint density at radius 1 is 1.25 bits per heavy atom. The van der Waals surface area contributed by atoms with Crippen LogP contribution in [0.15, 0.2) is 36.4 Å². The van der Waals surface area contributed by atoms with E-state index < -0.39 is 0 Å². The summed E-state index contributed by atoms with van der Waals surface area (Å²) in [6.45, 7) is 5.33. The van der Waals surface area contributed by atoms with Crippen molar-refractivity contribution in [3.63, 3.8) is 0 Å². The zero-order valence-electron chi connectivity index (χ0n) is 14.5. The molecule has 0 spiro atoms. The summed E-state index contributed by atoms with van der Waals surface area (Å²) in [4.78, 5) is 25.5. The van der Waals surface area contributed by atoms with Crippen LogP contribution < -0.4 is 10.6 Å². The van der Waals surface area contributed by atoms with Gasteiger partial charge in [-0.05, 0) is 43.7 Å². The lowest BCUT2D eigenvalue weighted by molar-refractivity contribution is -0.129. The van der Waals surface area contributed by atoms with Crippen molar-refractivity contribution in [3.8, 4) is 0 Å². The second-order valence-corrected chi connectivity index (χ2v) is 6.18. The van der Waals surface area contributed by atoms with Crippen molar-refractivity contribution in [2.45, 2.75) is 39.7 Å². The van der Waals surface area contributed by atoms with Gasteiger partial charge in [-0.1, -0.05) is 30.4 Å². The van der Waals surface area contributed by atoms with Crippen LogP contribution >= 0.6 is 0 Å². The second kappa shape index (κ2) is 9.11. The molecule has 1 aliphatic rings. The van der Waals surface area contributed by atoms with Crippen LogP contribution in [0.4, 0.5) is 10.5 Å². The molecule has 1 aromatic carbocycles. The van der Waals surface area contributed by atoms with Crippen molar-refractivity contribution in [1.82, 2.24) is 10.2 Å². The molecule has 0 saturated heterocycles. The minimum atomic E-state index is -0.192. The van der Waals surface area contributed by atoms with E-state index in [1.165, 1.54) is 0 Å². The van der Waals surface area contributed by atoms with Crippen LogP contribution in [0.25, 0.3) is 0 Å². The molecule has 0 saturated carbocycles. The van der Waals surface area contributed by atoms with E-state index in [0.717, 1.165) is 30.5 Å². The molecule has 3 amide bonds. The third kappa shape index (κ3) is 5.41. The summed E-state index contributed by atoms with van der Waals surface area (Å²) >= 11 is 0. The number of nitrogens with one attached hydrogen (secondary N) is 2. The summed E-state index contributed by atoms with van der Waals surface area (Å²) in [5, 5.41) is 5.87. The number of para-hydroxylation sites is 1. The van der Waals surface area contributed by atoms with E-state index in [2.05, 4.69) is 22.8 Å². The van der Waals surface area contributed by atoms with E-state index in [-0.39, 0.29) is 11.9 Å². The summed E-state index contributed by atoms with van der Waals surface area (Å²) in [5.41, 5.74) is 1.68. The molecule has 0 fully saturated rings. The predicted octanol–water partition coefficient (Wildman–Crippen LogP) is 3.53. The van der Waals surface area contributed by atoms with Gasteiger partial charge in [0.15, 0.2) is 0 Å². The maximum Gasteiger partial charge on any atom is 0.319 e. The number of allylic oxidation sites excluding steroid dienone is 2. The highest BCUT2D eigenvalue weighted by Gasteiger charge is 2.13. The van der Waals surface area contributed by atoms with E-state index >= 15 is 0 Å². The first-order valence-electron chi connectivity index (χ1n) is 8.63. The highest BCUT2D eigenvalue weighted by Crippen LogP contribution is 2.19. The Balaban J connectivity index is 1.92. The van der Waals surface area contributed by atoms with E-state index in [9.17, 15) is 9.59 Å². The Labute approximate surface area is 144 Å². The van der Waals surface area contributed by atoms with E-state index in [1.54, 1.807) is 11.8 Å². The lowest BCUT2D eigenvalue weighted by Gasteiger charge is -2.21. The van der Waals surface area contributed by atoms with Crippen molar-refractivity contribution in [1.29, 1.82) is 0 Å².